The molecule has 4 heteroatoms. The summed E-state index contributed by atoms with van der Waals surface area (Å²) in [4.78, 5) is 11.7. The zero-order valence-corrected chi connectivity index (χ0v) is 9.98. The van der Waals surface area contributed by atoms with Crippen LogP contribution in [0.15, 0.2) is 0 Å². The lowest BCUT2D eigenvalue weighted by Crippen LogP contribution is -2.54. The van der Waals surface area contributed by atoms with Gasteiger partial charge in [-0.1, -0.05) is 19.3 Å². The van der Waals surface area contributed by atoms with E-state index < -0.39 is 0 Å². The van der Waals surface area contributed by atoms with Crippen LogP contribution in [0.5, 0.6) is 0 Å². The van der Waals surface area contributed by atoms with Gasteiger partial charge < -0.3 is 9.47 Å². The summed E-state index contributed by atoms with van der Waals surface area (Å²) >= 11 is 1.79. The van der Waals surface area contributed by atoms with E-state index in [2.05, 4.69) is 0 Å². The van der Waals surface area contributed by atoms with Gasteiger partial charge in [-0.25, -0.2) is 0 Å². The minimum absolute atomic E-state index is 0.107. The molecule has 1 saturated heterocycles. The number of ether oxygens (including phenoxy) is 2. The number of methoxy groups -OCH3 is 1. The Hall–Kier alpha value is -0.220. The number of esters is 1. The maximum absolute atomic E-state index is 11.7. The standard InChI is InChI=1S/C11H18O3S/c1-13-10(12)11(7-14-8-11)15-9-5-3-2-4-6-9/h9H,2-8H2,1H3. The van der Waals surface area contributed by atoms with Crippen LogP contribution in [0, 0.1) is 0 Å². The Balaban J connectivity index is 1.92. The zero-order chi connectivity index (χ0) is 10.7. The first-order valence-corrected chi connectivity index (χ1v) is 6.49. The fraction of sp³-hybridized carbons (Fsp3) is 0.909. The summed E-state index contributed by atoms with van der Waals surface area (Å²) in [5, 5.41) is 0.627. The highest BCUT2D eigenvalue weighted by molar-refractivity contribution is 8.02. The second kappa shape index (κ2) is 4.74. The summed E-state index contributed by atoms with van der Waals surface area (Å²) in [5.41, 5.74) is 0. The first-order valence-electron chi connectivity index (χ1n) is 5.61. The van der Waals surface area contributed by atoms with Crippen LogP contribution in [0.25, 0.3) is 0 Å². The lowest BCUT2D eigenvalue weighted by Gasteiger charge is -2.40. The molecule has 2 aliphatic rings. The number of carbonyl (C=O) groups is 1. The maximum atomic E-state index is 11.7. The smallest absolute Gasteiger partial charge is 0.326 e. The number of rotatable bonds is 3. The van der Waals surface area contributed by atoms with E-state index in [1.807, 2.05) is 0 Å². The van der Waals surface area contributed by atoms with Crippen LogP contribution in [-0.2, 0) is 14.3 Å². The molecule has 86 valence electrons. The molecule has 0 amide bonds. The molecule has 0 aromatic carbocycles. The molecule has 0 atom stereocenters. The monoisotopic (exact) mass is 230 g/mol. The Labute approximate surface area is 94.9 Å². The van der Waals surface area contributed by atoms with Crippen LogP contribution in [0.3, 0.4) is 0 Å². The maximum Gasteiger partial charge on any atom is 0.326 e. The molecule has 0 aromatic rings. The Morgan fingerprint density at radius 1 is 1.33 bits per heavy atom. The Bertz CT molecular complexity index is 232. The summed E-state index contributed by atoms with van der Waals surface area (Å²) in [6.45, 7) is 1.06. The van der Waals surface area contributed by atoms with Crippen LogP contribution in [0.1, 0.15) is 32.1 Å². The molecule has 0 N–H and O–H groups in total. The van der Waals surface area contributed by atoms with Crippen molar-refractivity contribution in [3.63, 3.8) is 0 Å². The van der Waals surface area contributed by atoms with Crippen molar-refractivity contribution in [3.05, 3.63) is 0 Å². The normalized spacial score (nSPS) is 25.7. The van der Waals surface area contributed by atoms with E-state index >= 15 is 0 Å². The molecule has 2 fully saturated rings. The van der Waals surface area contributed by atoms with E-state index in [0.29, 0.717) is 18.5 Å². The molecule has 0 aromatic heterocycles. The van der Waals surface area contributed by atoms with Gasteiger partial charge in [-0.05, 0) is 12.8 Å². The summed E-state index contributed by atoms with van der Waals surface area (Å²) in [7, 11) is 1.46. The van der Waals surface area contributed by atoms with Crippen molar-refractivity contribution in [1.29, 1.82) is 0 Å². The highest BCUT2D eigenvalue weighted by atomic mass is 32.2. The topological polar surface area (TPSA) is 35.5 Å². The molecule has 0 unspecified atom stereocenters. The van der Waals surface area contributed by atoms with Gasteiger partial charge in [0, 0.05) is 5.25 Å². The molecular weight excluding hydrogens is 212 g/mol. The van der Waals surface area contributed by atoms with Gasteiger partial charge in [0.1, 0.15) is 0 Å². The number of hydrogen-bond donors (Lipinski definition) is 0. The summed E-state index contributed by atoms with van der Waals surface area (Å²) in [5.74, 6) is -0.107. The van der Waals surface area contributed by atoms with Crippen LogP contribution in [0.4, 0.5) is 0 Å². The SMILES string of the molecule is COC(=O)C1(SC2CCCCC2)COC1. The predicted octanol–water partition coefficient (Wildman–Crippen LogP) is 1.99. The van der Waals surface area contributed by atoms with E-state index in [9.17, 15) is 4.79 Å². The second-order valence-corrected chi connectivity index (χ2v) is 6.04. The third-order valence-electron chi connectivity index (χ3n) is 3.17. The van der Waals surface area contributed by atoms with Crippen molar-refractivity contribution in [1.82, 2.24) is 0 Å². The van der Waals surface area contributed by atoms with E-state index in [0.717, 1.165) is 0 Å². The van der Waals surface area contributed by atoms with Gasteiger partial charge in [0.2, 0.25) is 0 Å². The van der Waals surface area contributed by atoms with Gasteiger partial charge in [-0.2, -0.15) is 0 Å². The van der Waals surface area contributed by atoms with Crippen molar-refractivity contribution < 1.29 is 14.3 Å². The molecule has 3 nitrogen and oxygen atoms in total. The van der Waals surface area contributed by atoms with Crippen LogP contribution in [0.2, 0.25) is 0 Å². The summed E-state index contributed by atoms with van der Waals surface area (Å²) in [6.07, 6.45) is 6.43. The van der Waals surface area contributed by atoms with Crippen LogP contribution < -0.4 is 0 Å². The van der Waals surface area contributed by atoms with E-state index in [1.165, 1.54) is 39.2 Å². The van der Waals surface area contributed by atoms with Gasteiger partial charge in [0.25, 0.3) is 0 Å². The largest absolute Gasteiger partial charge is 0.468 e. The third kappa shape index (κ3) is 2.31. The number of hydrogen-bond acceptors (Lipinski definition) is 4. The highest BCUT2D eigenvalue weighted by Crippen LogP contribution is 2.41. The van der Waals surface area contributed by atoms with Crippen LogP contribution in [-0.4, -0.2) is 36.3 Å². The van der Waals surface area contributed by atoms with Crippen molar-refractivity contribution >= 4 is 17.7 Å². The second-order valence-electron chi connectivity index (χ2n) is 4.36. The van der Waals surface area contributed by atoms with Crippen molar-refractivity contribution in [2.75, 3.05) is 20.3 Å². The Morgan fingerprint density at radius 2 is 2.00 bits per heavy atom. The fourth-order valence-electron chi connectivity index (χ4n) is 2.21. The van der Waals surface area contributed by atoms with Crippen molar-refractivity contribution in [3.8, 4) is 0 Å². The quantitative estimate of drug-likeness (QED) is 0.695. The molecule has 2 rings (SSSR count). The zero-order valence-electron chi connectivity index (χ0n) is 9.16. The van der Waals surface area contributed by atoms with Crippen LogP contribution >= 0.6 is 11.8 Å². The fourth-order valence-corrected chi connectivity index (χ4v) is 3.90. The average molecular weight is 230 g/mol. The molecule has 0 bridgehead atoms. The predicted molar refractivity (Wildman–Crippen MR) is 60.0 cm³/mol. The molecule has 0 spiro atoms. The first kappa shape index (κ1) is 11.3. The van der Waals surface area contributed by atoms with Gasteiger partial charge in [-0.3, -0.25) is 4.79 Å². The van der Waals surface area contributed by atoms with E-state index in [4.69, 9.17) is 9.47 Å². The minimum Gasteiger partial charge on any atom is -0.468 e. The molecule has 15 heavy (non-hydrogen) atoms. The van der Waals surface area contributed by atoms with Crippen molar-refractivity contribution in [2.24, 2.45) is 0 Å². The van der Waals surface area contributed by atoms with Gasteiger partial charge in [0.05, 0.1) is 20.3 Å². The summed E-state index contributed by atoms with van der Waals surface area (Å²) in [6, 6.07) is 0. The molecule has 1 heterocycles. The van der Waals surface area contributed by atoms with Crippen molar-refractivity contribution in [2.45, 2.75) is 42.1 Å². The molecule has 1 aliphatic heterocycles. The van der Waals surface area contributed by atoms with Gasteiger partial charge in [-0.15, -0.1) is 11.8 Å². The molecule has 1 saturated carbocycles. The molecule has 1 aliphatic carbocycles. The van der Waals surface area contributed by atoms with Gasteiger partial charge >= 0.3 is 5.97 Å². The minimum atomic E-state index is -0.378. The lowest BCUT2D eigenvalue weighted by atomic mass is 10.0. The number of thioether (sulfide) groups is 1. The first-order chi connectivity index (χ1) is 7.27. The molecular formula is C11H18O3S. The van der Waals surface area contributed by atoms with Gasteiger partial charge in [0.15, 0.2) is 4.75 Å². The third-order valence-corrected chi connectivity index (χ3v) is 4.83. The summed E-state index contributed by atoms with van der Waals surface area (Å²) < 4.78 is 9.66. The number of carbonyl (C=O) groups excluding carboxylic acids is 1. The highest BCUT2D eigenvalue weighted by Gasteiger charge is 2.49. The lowest BCUT2D eigenvalue weighted by molar-refractivity contribution is -0.155. The van der Waals surface area contributed by atoms with E-state index in [-0.39, 0.29) is 10.7 Å². The van der Waals surface area contributed by atoms with E-state index in [1.54, 1.807) is 11.8 Å². The average Bonchev–Trinajstić information content (AvgIpc) is 2.24. The Kier molecular flexibility index (Phi) is 3.57. The molecule has 0 radical (unpaired) electrons. The Morgan fingerprint density at radius 3 is 2.47 bits per heavy atom.